The Morgan fingerprint density at radius 1 is 1.55 bits per heavy atom. The van der Waals surface area contributed by atoms with Gasteiger partial charge in [-0.2, -0.15) is 0 Å². The Morgan fingerprint density at radius 2 is 2.30 bits per heavy atom. The summed E-state index contributed by atoms with van der Waals surface area (Å²) in [7, 11) is 0. The average Bonchev–Trinajstić information content (AvgIpc) is 2.82. The van der Waals surface area contributed by atoms with Gasteiger partial charge in [0.05, 0.1) is 6.54 Å². The van der Waals surface area contributed by atoms with Crippen LogP contribution in [0.25, 0.3) is 0 Å². The summed E-state index contributed by atoms with van der Waals surface area (Å²) in [5, 5.41) is 13.5. The molecule has 0 spiro atoms. The van der Waals surface area contributed by atoms with Gasteiger partial charge in [-0.1, -0.05) is 13.8 Å². The lowest BCUT2D eigenvalue weighted by atomic mass is 9.85. The van der Waals surface area contributed by atoms with Gasteiger partial charge >= 0.3 is 5.97 Å². The van der Waals surface area contributed by atoms with Crippen LogP contribution in [-0.4, -0.2) is 46.1 Å². The summed E-state index contributed by atoms with van der Waals surface area (Å²) in [5.41, 5.74) is 0. The molecule has 2 rings (SSSR count). The van der Waals surface area contributed by atoms with E-state index in [0.717, 1.165) is 37.4 Å². The first-order valence-corrected chi connectivity index (χ1v) is 8.06. The van der Waals surface area contributed by atoms with E-state index in [4.69, 9.17) is 5.11 Å². The second kappa shape index (κ2) is 7.15. The van der Waals surface area contributed by atoms with Gasteiger partial charge in [0, 0.05) is 29.7 Å². The van der Waals surface area contributed by atoms with Gasteiger partial charge in [0.15, 0.2) is 0 Å². The van der Waals surface area contributed by atoms with Crippen LogP contribution in [0.2, 0.25) is 0 Å². The molecule has 1 saturated carbocycles. The van der Waals surface area contributed by atoms with Gasteiger partial charge in [-0.25, -0.2) is 4.98 Å². The van der Waals surface area contributed by atoms with Gasteiger partial charge in [0.1, 0.15) is 5.01 Å². The molecule has 0 saturated heterocycles. The minimum atomic E-state index is -0.738. The van der Waals surface area contributed by atoms with Crippen LogP contribution in [0, 0.1) is 0 Å². The average molecular weight is 297 g/mol. The number of nitrogens with one attached hydrogen (secondary N) is 1. The second-order valence-electron chi connectivity index (χ2n) is 5.23. The largest absolute Gasteiger partial charge is 0.480 e. The standard InChI is InChI=1S/C14H23N3O2S/c1-3-12-7-16-13(20-12)8-15-10-5-11(6-10)17(4-2)9-14(18)19/h7,10-11,15H,3-6,8-9H2,1-2H3,(H,18,19). The zero-order chi connectivity index (χ0) is 14.5. The fraction of sp³-hybridized carbons (Fsp3) is 0.714. The van der Waals surface area contributed by atoms with Crippen molar-refractivity contribution in [2.75, 3.05) is 13.1 Å². The van der Waals surface area contributed by atoms with E-state index in [0.29, 0.717) is 12.1 Å². The monoisotopic (exact) mass is 297 g/mol. The summed E-state index contributed by atoms with van der Waals surface area (Å²) in [5.74, 6) is -0.738. The number of likely N-dealkylation sites (N-methyl/N-ethyl adjacent to an activating group) is 1. The quantitative estimate of drug-likeness (QED) is 0.765. The lowest BCUT2D eigenvalue weighted by molar-refractivity contribution is -0.139. The lowest BCUT2D eigenvalue weighted by Crippen LogP contribution is -2.53. The van der Waals surface area contributed by atoms with Crippen LogP contribution in [0.1, 0.15) is 36.6 Å². The SMILES string of the molecule is CCc1cnc(CNC2CC(N(CC)CC(=O)O)C2)s1. The first-order chi connectivity index (χ1) is 9.62. The van der Waals surface area contributed by atoms with Gasteiger partial charge in [0.2, 0.25) is 0 Å². The molecule has 2 N–H and O–H groups in total. The van der Waals surface area contributed by atoms with Gasteiger partial charge in [-0.3, -0.25) is 9.69 Å². The van der Waals surface area contributed by atoms with Gasteiger partial charge in [0.25, 0.3) is 0 Å². The molecule has 0 aliphatic heterocycles. The number of nitrogens with zero attached hydrogens (tertiary/aromatic N) is 2. The predicted molar refractivity (Wildman–Crippen MR) is 80.0 cm³/mol. The number of aryl methyl sites for hydroxylation is 1. The Morgan fingerprint density at radius 3 is 2.85 bits per heavy atom. The molecule has 5 nitrogen and oxygen atoms in total. The minimum Gasteiger partial charge on any atom is -0.480 e. The fourth-order valence-corrected chi connectivity index (χ4v) is 3.36. The van der Waals surface area contributed by atoms with E-state index in [9.17, 15) is 4.79 Å². The maximum Gasteiger partial charge on any atom is 0.317 e. The molecule has 6 heteroatoms. The van der Waals surface area contributed by atoms with Crippen LogP contribution >= 0.6 is 11.3 Å². The van der Waals surface area contributed by atoms with Crippen molar-refractivity contribution in [2.45, 2.75) is 51.7 Å². The number of aliphatic carboxylic acids is 1. The molecule has 20 heavy (non-hydrogen) atoms. The Balaban J connectivity index is 1.69. The van der Waals surface area contributed by atoms with Crippen molar-refractivity contribution in [1.29, 1.82) is 0 Å². The Kier molecular flexibility index (Phi) is 5.51. The Hall–Kier alpha value is -0.980. The summed E-state index contributed by atoms with van der Waals surface area (Å²) in [4.78, 5) is 18.5. The number of hydrogen-bond acceptors (Lipinski definition) is 5. The van der Waals surface area contributed by atoms with E-state index in [1.165, 1.54) is 4.88 Å². The Bertz CT molecular complexity index is 443. The molecule has 0 unspecified atom stereocenters. The number of carbonyl (C=O) groups is 1. The maximum atomic E-state index is 10.8. The predicted octanol–water partition coefficient (Wildman–Crippen LogP) is 1.73. The molecule has 1 aliphatic rings. The van der Waals surface area contributed by atoms with Crippen molar-refractivity contribution in [3.8, 4) is 0 Å². The Labute approximate surface area is 124 Å². The summed E-state index contributed by atoms with van der Waals surface area (Å²) < 4.78 is 0. The highest BCUT2D eigenvalue weighted by atomic mass is 32.1. The van der Waals surface area contributed by atoms with Crippen LogP contribution < -0.4 is 5.32 Å². The topological polar surface area (TPSA) is 65.5 Å². The van der Waals surface area contributed by atoms with Crippen molar-refractivity contribution in [2.24, 2.45) is 0 Å². The molecule has 0 radical (unpaired) electrons. The van der Waals surface area contributed by atoms with E-state index in [-0.39, 0.29) is 6.54 Å². The number of thiazole rings is 1. The van der Waals surface area contributed by atoms with Crippen molar-refractivity contribution >= 4 is 17.3 Å². The number of carboxylic acids is 1. The normalized spacial score (nSPS) is 21.9. The summed E-state index contributed by atoms with van der Waals surface area (Å²) in [6.07, 6.45) is 5.07. The smallest absolute Gasteiger partial charge is 0.317 e. The van der Waals surface area contributed by atoms with E-state index in [1.54, 1.807) is 11.3 Å². The zero-order valence-electron chi connectivity index (χ0n) is 12.1. The number of aromatic nitrogens is 1. The molecule has 0 atom stereocenters. The van der Waals surface area contributed by atoms with Crippen LogP contribution in [0.4, 0.5) is 0 Å². The maximum absolute atomic E-state index is 10.8. The first-order valence-electron chi connectivity index (χ1n) is 7.25. The molecule has 0 amide bonds. The lowest BCUT2D eigenvalue weighted by Gasteiger charge is -2.42. The molecule has 0 aromatic carbocycles. The zero-order valence-corrected chi connectivity index (χ0v) is 12.9. The van der Waals surface area contributed by atoms with E-state index >= 15 is 0 Å². The third-order valence-electron chi connectivity index (χ3n) is 3.87. The summed E-state index contributed by atoms with van der Waals surface area (Å²) in [6.45, 7) is 5.94. The molecule has 0 bridgehead atoms. The van der Waals surface area contributed by atoms with Crippen molar-refractivity contribution in [1.82, 2.24) is 15.2 Å². The second-order valence-corrected chi connectivity index (χ2v) is 6.43. The van der Waals surface area contributed by atoms with E-state index < -0.39 is 5.97 Å². The van der Waals surface area contributed by atoms with Gasteiger partial charge in [-0.15, -0.1) is 11.3 Å². The molecule has 1 heterocycles. The number of hydrogen-bond donors (Lipinski definition) is 2. The summed E-state index contributed by atoms with van der Waals surface area (Å²) >= 11 is 1.77. The van der Waals surface area contributed by atoms with Crippen molar-refractivity contribution in [3.05, 3.63) is 16.1 Å². The molecule has 1 aliphatic carbocycles. The highest BCUT2D eigenvalue weighted by molar-refractivity contribution is 7.11. The van der Waals surface area contributed by atoms with Crippen LogP contribution in [0.15, 0.2) is 6.20 Å². The fourth-order valence-electron chi connectivity index (χ4n) is 2.55. The van der Waals surface area contributed by atoms with Crippen molar-refractivity contribution < 1.29 is 9.90 Å². The van der Waals surface area contributed by atoms with Crippen molar-refractivity contribution in [3.63, 3.8) is 0 Å². The highest BCUT2D eigenvalue weighted by Gasteiger charge is 2.33. The molecule has 1 aromatic heterocycles. The number of rotatable bonds is 8. The van der Waals surface area contributed by atoms with Gasteiger partial charge < -0.3 is 10.4 Å². The van der Waals surface area contributed by atoms with Crippen LogP contribution in [0.3, 0.4) is 0 Å². The number of carboxylic acid groups (broad SMARTS) is 1. The van der Waals surface area contributed by atoms with Gasteiger partial charge in [-0.05, 0) is 25.8 Å². The van der Waals surface area contributed by atoms with Crippen LogP contribution in [0.5, 0.6) is 0 Å². The molecular formula is C14H23N3O2S. The van der Waals surface area contributed by atoms with E-state index in [2.05, 4.69) is 17.2 Å². The third-order valence-corrected chi connectivity index (χ3v) is 5.01. The van der Waals surface area contributed by atoms with Crippen LogP contribution in [-0.2, 0) is 17.8 Å². The summed E-state index contributed by atoms with van der Waals surface area (Å²) in [6, 6.07) is 0.910. The first kappa shape index (κ1) is 15.4. The molecule has 1 fully saturated rings. The van der Waals surface area contributed by atoms with E-state index in [1.807, 2.05) is 18.0 Å². The molecule has 112 valence electrons. The highest BCUT2D eigenvalue weighted by Crippen LogP contribution is 2.26. The third kappa shape index (κ3) is 4.01. The molecular weight excluding hydrogens is 274 g/mol. The minimum absolute atomic E-state index is 0.153. The molecule has 1 aromatic rings.